The molecule has 0 spiro atoms. The van der Waals surface area contributed by atoms with E-state index in [1.165, 1.54) is 0 Å². The molecule has 0 atom stereocenters. The van der Waals surface area contributed by atoms with Crippen molar-refractivity contribution in [2.45, 2.75) is 32.8 Å². The average Bonchev–Trinajstić information content (AvgIpc) is 1.85. The fraction of sp³-hybridized carbons (Fsp3) is 1.00. The Balaban J connectivity index is 3.02. The number of hydrogen-bond donors (Lipinski definition) is 0. The highest BCUT2D eigenvalue weighted by Gasteiger charge is 2.08. The maximum Gasteiger partial charge on any atom is 0.147 e. The van der Waals surface area contributed by atoms with E-state index in [0.29, 0.717) is 13.0 Å². The van der Waals surface area contributed by atoms with E-state index in [1.807, 2.05) is 20.8 Å². The lowest BCUT2D eigenvalue weighted by Gasteiger charge is -2.18. The molecule has 67 valence electrons. The molecular weight excluding hydrogens is 144 g/mol. The summed E-state index contributed by atoms with van der Waals surface area (Å²) in [6.07, 6.45) is 0.563. The van der Waals surface area contributed by atoms with Gasteiger partial charge in [0.1, 0.15) is 6.79 Å². The Morgan fingerprint density at radius 3 is 2.36 bits per heavy atom. The van der Waals surface area contributed by atoms with Crippen molar-refractivity contribution in [1.29, 1.82) is 0 Å². The molecule has 0 aliphatic carbocycles. The van der Waals surface area contributed by atoms with Gasteiger partial charge in [-0.2, -0.15) is 0 Å². The molecule has 0 aromatic heterocycles. The minimum absolute atomic E-state index is 0.0739. The molecule has 1 radical (unpaired) electrons. The number of ether oxygens (including phenoxy) is 2. The second kappa shape index (κ2) is 5.52. The fourth-order valence-electron chi connectivity index (χ4n) is 0.438. The van der Waals surface area contributed by atoms with Crippen molar-refractivity contribution in [3.05, 3.63) is 0 Å². The minimum atomic E-state index is -0.155. The fourth-order valence-corrected chi connectivity index (χ4v) is 0.438. The van der Waals surface area contributed by atoms with Crippen LogP contribution in [-0.4, -0.2) is 25.6 Å². The van der Waals surface area contributed by atoms with Crippen LogP contribution in [0, 0.1) is 0 Å². The van der Waals surface area contributed by atoms with Crippen LogP contribution in [-0.2, 0) is 14.6 Å². The maximum absolute atomic E-state index is 9.97. The predicted octanol–water partition coefficient (Wildman–Crippen LogP) is 1.60. The normalized spacial score (nSPS) is 12.0. The van der Waals surface area contributed by atoms with Gasteiger partial charge < -0.3 is 9.47 Å². The van der Waals surface area contributed by atoms with E-state index in [-0.39, 0.29) is 19.0 Å². The van der Waals surface area contributed by atoms with Gasteiger partial charge in [0, 0.05) is 0 Å². The highest BCUT2D eigenvalue weighted by Crippen LogP contribution is 2.05. The number of hydrogen-bond acceptors (Lipinski definition) is 2. The van der Waals surface area contributed by atoms with Crippen LogP contribution in [0.1, 0.15) is 27.2 Å². The third-order valence-corrected chi connectivity index (χ3v) is 1.01. The maximum atomic E-state index is 9.97. The summed E-state index contributed by atoms with van der Waals surface area (Å²) in [6, 6.07) is 0. The van der Waals surface area contributed by atoms with Gasteiger partial charge in [0.15, 0.2) is 0 Å². The summed E-state index contributed by atoms with van der Waals surface area (Å²) >= 11 is 0. The van der Waals surface area contributed by atoms with Gasteiger partial charge in [-0.05, 0) is 27.2 Å². The highest BCUT2D eigenvalue weighted by molar-refractivity contribution is 4.56. The van der Waals surface area contributed by atoms with Crippen molar-refractivity contribution in [3.8, 4) is 0 Å². The van der Waals surface area contributed by atoms with Crippen LogP contribution < -0.4 is 0 Å². The molecule has 0 saturated heterocycles. The summed E-state index contributed by atoms with van der Waals surface area (Å²) in [4.78, 5) is 0. The molecule has 0 aliphatic heterocycles. The summed E-state index contributed by atoms with van der Waals surface area (Å²) in [7, 11) is 0. The minimum Gasteiger partial charge on any atom is -0.355 e. The Kier molecular flexibility index (Phi) is 5.46. The van der Waals surface area contributed by atoms with Gasteiger partial charge in [-0.25, -0.2) is 5.11 Å². The zero-order valence-corrected chi connectivity index (χ0v) is 7.55. The second-order valence-corrected chi connectivity index (χ2v) is 3.34. The summed E-state index contributed by atoms with van der Waals surface area (Å²) < 4.78 is 10.3. The lowest BCUT2D eigenvalue weighted by molar-refractivity contribution is -0.121. The molecule has 0 rings (SSSR count). The van der Waals surface area contributed by atoms with Crippen molar-refractivity contribution in [3.63, 3.8) is 0 Å². The smallest absolute Gasteiger partial charge is 0.147 e. The Bertz CT molecular complexity index is 85.8. The summed E-state index contributed by atoms with van der Waals surface area (Å²) in [5.74, 6) is 0. The van der Waals surface area contributed by atoms with Gasteiger partial charge >= 0.3 is 0 Å². The van der Waals surface area contributed by atoms with E-state index in [0.717, 1.165) is 0 Å². The van der Waals surface area contributed by atoms with E-state index in [9.17, 15) is 5.11 Å². The first-order chi connectivity index (χ1) is 5.06. The lowest BCUT2D eigenvalue weighted by Crippen LogP contribution is -2.21. The van der Waals surface area contributed by atoms with E-state index >= 15 is 0 Å². The highest BCUT2D eigenvalue weighted by atomic mass is 16.7. The van der Waals surface area contributed by atoms with Gasteiger partial charge in [-0.1, -0.05) is 0 Å². The molecule has 11 heavy (non-hydrogen) atoms. The average molecular weight is 161 g/mol. The van der Waals surface area contributed by atoms with Crippen LogP contribution in [0.25, 0.3) is 0 Å². The molecule has 0 unspecified atom stereocenters. The van der Waals surface area contributed by atoms with Crippen LogP contribution in [0.5, 0.6) is 0 Å². The Hall–Kier alpha value is -0.120. The Morgan fingerprint density at radius 2 is 1.91 bits per heavy atom. The summed E-state index contributed by atoms with van der Waals surface area (Å²) in [5, 5.41) is 9.97. The molecule has 0 saturated carbocycles. The molecule has 0 heterocycles. The molecule has 0 bridgehead atoms. The molecule has 0 aromatic rings. The van der Waals surface area contributed by atoms with Gasteiger partial charge in [0.2, 0.25) is 0 Å². The first kappa shape index (κ1) is 10.9. The molecule has 3 nitrogen and oxygen atoms in total. The van der Waals surface area contributed by atoms with Gasteiger partial charge in [0.05, 0.1) is 18.8 Å². The van der Waals surface area contributed by atoms with E-state index < -0.39 is 0 Å². The molecule has 0 amide bonds. The molecule has 0 N–H and O–H groups in total. The standard InChI is InChI=1S/C8H17O3/c1-8(2,3)11-7-10-6-4-5-9/h4-7H2,1-3H3. The second-order valence-electron chi connectivity index (χ2n) is 3.34. The predicted molar refractivity (Wildman–Crippen MR) is 41.8 cm³/mol. The molecule has 0 fully saturated rings. The third-order valence-electron chi connectivity index (χ3n) is 1.01. The Morgan fingerprint density at radius 1 is 1.27 bits per heavy atom. The SMILES string of the molecule is CC(C)(C)OCOCCC[O]. The topological polar surface area (TPSA) is 38.4 Å². The van der Waals surface area contributed by atoms with Gasteiger partial charge in [0.25, 0.3) is 0 Å². The molecule has 3 heteroatoms. The van der Waals surface area contributed by atoms with Crippen LogP contribution >= 0.6 is 0 Å². The molecular formula is C8H17O3. The largest absolute Gasteiger partial charge is 0.355 e. The summed E-state index contributed by atoms with van der Waals surface area (Å²) in [6.45, 7) is 6.59. The lowest BCUT2D eigenvalue weighted by atomic mass is 10.2. The van der Waals surface area contributed by atoms with Crippen LogP contribution in [0.2, 0.25) is 0 Å². The van der Waals surface area contributed by atoms with Gasteiger partial charge in [-0.15, -0.1) is 0 Å². The Labute approximate surface area is 68.3 Å². The van der Waals surface area contributed by atoms with Crippen molar-refractivity contribution >= 4 is 0 Å². The van der Waals surface area contributed by atoms with Crippen molar-refractivity contribution < 1.29 is 14.6 Å². The van der Waals surface area contributed by atoms with Crippen molar-refractivity contribution in [2.24, 2.45) is 0 Å². The van der Waals surface area contributed by atoms with Crippen LogP contribution in [0.4, 0.5) is 0 Å². The quantitative estimate of drug-likeness (QED) is 0.453. The monoisotopic (exact) mass is 161 g/mol. The zero-order valence-electron chi connectivity index (χ0n) is 7.55. The first-order valence-corrected chi connectivity index (χ1v) is 3.86. The first-order valence-electron chi connectivity index (χ1n) is 3.86. The molecule has 0 aromatic carbocycles. The van der Waals surface area contributed by atoms with E-state index in [2.05, 4.69) is 0 Å². The van der Waals surface area contributed by atoms with Crippen molar-refractivity contribution in [1.82, 2.24) is 0 Å². The van der Waals surface area contributed by atoms with Crippen molar-refractivity contribution in [2.75, 3.05) is 20.0 Å². The zero-order chi connectivity index (χ0) is 8.74. The van der Waals surface area contributed by atoms with E-state index in [1.54, 1.807) is 0 Å². The van der Waals surface area contributed by atoms with Gasteiger partial charge in [-0.3, -0.25) is 0 Å². The summed E-state index contributed by atoms with van der Waals surface area (Å²) in [5.41, 5.74) is -0.155. The van der Waals surface area contributed by atoms with Crippen LogP contribution in [0.15, 0.2) is 0 Å². The van der Waals surface area contributed by atoms with E-state index in [4.69, 9.17) is 9.47 Å². The number of rotatable bonds is 5. The third kappa shape index (κ3) is 9.88. The van der Waals surface area contributed by atoms with Crippen LogP contribution in [0.3, 0.4) is 0 Å². The molecule has 0 aliphatic rings.